The van der Waals surface area contributed by atoms with Crippen LogP contribution in [0.25, 0.3) is 22.2 Å². The van der Waals surface area contributed by atoms with Gasteiger partial charge in [0.1, 0.15) is 23.9 Å². The van der Waals surface area contributed by atoms with Crippen molar-refractivity contribution in [2.45, 2.75) is 6.61 Å². The number of aromatic nitrogens is 1. The molecule has 0 saturated carbocycles. The second kappa shape index (κ2) is 5.32. The van der Waals surface area contributed by atoms with Crippen LogP contribution in [-0.4, -0.2) is 19.2 Å². The Labute approximate surface area is 138 Å². The van der Waals surface area contributed by atoms with Gasteiger partial charge in [0, 0.05) is 22.6 Å². The SMILES string of the molecule is COc1ccc2c(c1)OCc1c-2nc2ccc(OC)cc2c1Cl. The van der Waals surface area contributed by atoms with Gasteiger partial charge in [0.05, 0.1) is 30.5 Å². The number of fused-ring (bicyclic) bond motifs is 4. The summed E-state index contributed by atoms with van der Waals surface area (Å²) >= 11 is 6.61. The van der Waals surface area contributed by atoms with Crippen molar-refractivity contribution in [1.82, 2.24) is 4.98 Å². The summed E-state index contributed by atoms with van der Waals surface area (Å²) in [5.41, 5.74) is 3.51. The zero-order valence-electron chi connectivity index (χ0n) is 12.7. The molecule has 0 spiro atoms. The average molecular weight is 328 g/mol. The Hall–Kier alpha value is -2.46. The number of pyridine rings is 1. The van der Waals surface area contributed by atoms with E-state index in [0.29, 0.717) is 11.6 Å². The normalized spacial score (nSPS) is 12.3. The highest BCUT2D eigenvalue weighted by molar-refractivity contribution is 6.36. The smallest absolute Gasteiger partial charge is 0.132 e. The van der Waals surface area contributed by atoms with Crippen molar-refractivity contribution in [2.75, 3.05) is 14.2 Å². The molecular weight excluding hydrogens is 314 g/mol. The first kappa shape index (κ1) is 14.2. The van der Waals surface area contributed by atoms with Crippen LogP contribution < -0.4 is 14.2 Å². The van der Waals surface area contributed by atoms with Crippen molar-refractivity contribution in [3.05, 3.63) is 47.0 Å². The minimum Gasteiger partial charge on any atom is -0.497 e. The van der Waals surface area contributed by atoms with Gasteiger partial charge in [-0.2, -0.15) is 0 Å². The van der Waals surface area contributed by atoms with Gasteiger partial charge in [-0.1, -0.05) is 11.6 Å². The molecule has 0 amide bonds. The highest BCUT2D eigenvalue weighted by Crippen LogP contribution is 2.43. The quantitative estimate of drug-likeness (QED) is 0.696. The average Bonchev–Trinajstić information content (AvgIpc) is 2.61. The fraction of sp³-hybridized carbons (Fsp3) is 0.167. The molecule has 2 aromatic carbocycles. The van der Waals surface area contributed by atoms with Gasteiger partial charge in [-0.15, -0.1) is 0 Å². The standard InChI is InChI=1S/C18H14ClNO3/c1-21-10-4-6-15-13(7-10)17(19)14-9-23-16-8-11(22-2)3-5-12(16)18(14)20-15/h3-8H,9H2,1-2H3. The molecule has 4 nitrogen and oxygen atoms in total. The molecule has 4 rings (SSSR count). The van der Waals surface area contributed by atoms with Crippen LogP contribution >= 0.6 is 11.6 Å². The van der Waals surface area contributed by atoms with Gasteiger partial charge >= 0.3 is 0 Å². The molecular formula is C18H14ClNO3. The molecule has 1 aliphatic heterocycles. The lowest BCUT2D eigenvalue weighted by Crippen LogP contribution is -2.08. The first-order chi connectivity index (χ1) is 11.2. The Morgan fingerprint density at radius 1 is 1.04 bits per heavy atom. The summed E-state index contributed by atoms with van der Waals surface area (Å²) in [5, 5.41) is 1.52. The van der Waals surface area contributed by atoms with Gasteiger partial charge < -0.3 is 14.2 Å². The number of ether oxygens (including phenoxy) is 3. The second-order valence-corrected chi connectivity index (χ2v) is 5.66. The van der Waals surface area contributed by atoms with Crippen LogP contribution in [0, 0.1) is 0 Å². The molecule has 0 atom stereocenters. The van der Waals surface area contributed by atoms with E-state index in [0.717, 1.165) is 45.0 Å². The Morgan fingerprint density at radius 2 is 1.78 bits per heavy atom. The van der Waals surface area contributed by atoms with Crippen LogP contribution in [0.1, 0.15) is 5.56 Å². The third-order valence-corrected chi connectivity index (χ3v) is 4.47. The third kappa shape index (κ3) is 2.18. The summed E-state index contributed by atoms with van der Waals surface area (Å²) in [6, 6.07) is 11.4. The number of benzene rings is 2. The molecule has 23 heavy (non-hydrogen) atoms. The van der Waals surface area contributed by atoms with Crippen LogP contribution in [0.5, 0.6) is 17.2 Å². The number of nitrogens with zero attached hydrogens (tertiary/aromatic N) is 1. The van der Waals surface area contributed by atoms with Gasteiger partial charge in [-0.3, -0.25) is 0 Å². The van der Waals surface area contributed by atoms with Gasteiger partial charge in [-0.25, -0.2) is 4.98 Å². The number of rotatable bonds is 2. The van der Waals surface area contributed by atoms with E-state index in [1.807, 2.05) is 36.4 Å². The van der Waals surface area contributed by atoms with Crippen LogP contribution in [0.15, 0.2) is 36.4 Å². The molecule has 0 aliphatic carbocycles. The monoisotopic (exact) mass is 327 g/mol. The predicted molar refractivity (Wildman–Crippen MR) is 89.6 cm³/mol. The second-order valence-electron chi connectivity index (χ2n) is 5.29. The fourth-order valence-electron chi connectivity index (χ4n) is 2.82. The number of halogens is 1. The van der Waals surface area contributed by atoms with Gasteiger partial charge in [-0.05, 0) is 30.3 Å². The minimum atomic E-state index is 0.383. The minimum absolute atomic E-state index is 0.383. The Balaban J connectivity index is 1.97. The van der Waals surface area contributed by atoms with Crippen molar-refractivity contribution in [1.29, 1.82) is 0 Å². The Morgan fingerprint density at radius 3 is 2.57 bits per heavy atom. The lowest BCUT2D eigenvalue weighted by Gasteiger charge is -2.22. The van der Waals surface area contributed by atoms with E-state index in [4.69, 9.17) is 30.8 Å². The predicted octanol–water partition coefficient (Wildman–Crippen LogP) is 4.46. The van der Waals surface area contributed by atoms with Crippen LogP contribution in [0.2, 0.25) is 5.02 Å². The Bertz CT molecular complexity index is 924. The van der Waals surface area contributed by atoms with Crippen molar-refractivity contribution < 1.29 is 14.2 Å². The highest BCUT2D eigenvalue weighted by atomic mass is 35.5. The zero-order valence-corrected chi connectivity index (χ0v) is 13.5. The summed E-state index contributed by atoms with van der Waals surface area (Å²) in [7, 11) is 3.27. The number of methoxy groups -OCH3 is 2. The molecule has 0 unspecified atom stereocenters. The highest BCUT2D eigenvalue weighted by Gasteiger charge is 2.23. The first-order valence-electron chi connectivity index (χ1n) is 7.18. The van der Waals surface area contributed by atoms with E-state index in [9.17, 15) is 0 Å². The molecule has 116 valence electrons. The van der Waals surface area contributed by atoms with Crippen molar-refractivity contribution in [3.63, 3.8) is 0 Å². The van der Waals surface area contributed by atoms with Crippen molar-refractivity contribution in [3.8, 4) is 28.5 Å². The van der Waals surface area contributed by atoms with Gasteiger partial charge in [0.25, 0.3) is 0 Å². The van der Waals surface area contributed by atoms with Crippen molar-refractivity contribution in [2.24, 2.45) is 0 Å². The molecule has 3 aromatic rings. The molecule has 0 radical (unpaired) electrons. The van der Waals surface area contributed by atoms with E-state index >= 15 is 0 Å². The molecule has 1 aliphatic rings. The fourth-order valence-corrected chi connectivity index (χ4v) is 3.11. The summed E-state index contributed by atoms with van der Waals surface area (Å²) < 4.78 is 16.4. The van der Waals surface area contributed by atoms with Crippen LogP contribution in [-0.2, 0) is 6.61 Å². The van der Waals surface area contributed by atoms with Crippen molar-refractivity contribution >= 4 is 22.5 Å². The molecule has 5 heteroatoms. The lowest BCUT2D eigenvalue weighted by atomic mass is 10.00. The molecule has 0 N–H and O–H groups in total. The van der Waals surface area contributed by atoms with E-state index in [1.165, 1.54) is 0 Å². The summed E-state index contributed by atoms with van der Waals surface area (Å²) in [4.78, 5) is 4.79. The van der Waals surface area contributed by atoms with E-state index in [2.05, 4.69) is 0 Å². The molecule has 0 bridgehead atoms. The Kier molecular flexibility index (Phi) is 3.27. The molecule has 1 aromatic heterocycles. The summed E-state index contributed by atoms with van der Waals surface area (Å²) in [6.07, 6.45) is 0. The van der Waals surface area contributed by atoms with E-state index in [1.54, 1.807) is 14.2 Å². The molecule has 0 saturated heterocycles. The molecule has 0 fully saturated rings. The first-order valence-corrected chi connectivity index (χ1v) is 7.56. The van der Waals surface area contributed by atoms with Gasteiger partial charge in [0.2, 0.25) is 0 Å². The third-order valence-electron chi connectivity index (χ3n) is 4.04. The topological polar surface area (TPSA) is 40.6 Å². The lowest BCUT2D eigenvalue weighted by molar-refractivity contribution is 0.299. The van der Waals surface area contributed by atoms with E-state index in [-0.39, 0.29) is 0 Å². The summed E-state index contributed by atoms with van der Waals surface area (Å²) in [6.45, 7) is 0.383. The maximum atomic E-state index is 6.61. The van der Waals surface area contributed by atoms with Crippen LogP contribution in [0.4, 0.5) is 0 Å². The zero-order chi connectivity index (χ0) is 16.0. The summed E-state index contributed by atoms with van der Waals surface area (Å²) in [5.74, 6) is 2.26. The largest absolute Gasteiger partial charge is 0.497 e. The maximum absolute atomic E-state index is 6.61. The maximum Gasteiger partial charge on any atom is 0.132 e. The number of hydrogen-bond acceptors (Lipinski definition) is 4. The van der Waals surface area contributed by atoms with E-state index < -0.39 is 0 Å². The number of hydrogen-bond donors (Lipinski definition) is 0. The van der Waals surface area contributed by atoms with Gasteiger partial charge in [0.15, 0.2) is 0 Å². The molecule has 2 heterocycles. The van der Waals surface area contributed by atoms with Crippen LogP contribution in [0.3, 0.4) is 0 Å².